The van der Waals surface area contributed by atoms with Crippen LogP contribution in [-0.4, -0.2) is 0 Å². The van der Waals surface area contributed by atoms with E-state index in [-0.39, 0.29) is 5.82 Å². The Morgan fingerprint density at radius 2 is 2.00 bits per heavy atom. The van der Waals surface area contributed by atoms with Crippen molar-refractivity contribution >= 4 is 33.2 Å². The Balaban J connectivity index is 2.11. The van der Waals surface area contributed by atoms with Crippen molar-refractivity contribution < 1.29 is 9.13 Å². The number of nitrogen functional groups attached to an aromatic ring is 1. The van der Waals surface area contributed by atoms with E-state index >= 15 is 0 Å². The highest BCUT2D eigenvalue weighted by molar-refractivity contribution is 9.10. The minimum Gasteiger partial charge on any atom is -0.488 e. The molecule has 0 spiro atoms. The van der Waals surface area contributed by atoms with Gasteiger partial charge in [0.1, 0.15) is 18.2 Å². The molecule has 2 rings (SSSR count). The first-order valence-corrected chi connectivity index (χ1v) is 6.35. The first-order valence-electron chi connectivity index (χ1n) is 5.18. The van der Waals surface area contributed by atoms with Gasteiger partial charge in [0, 0.05) is 6.07 Å². The van der Waals surface area contributed by atoms with Gasteiger partial charge in [-0.25, -0.2) is 4.39 Å². The van der Waals surface area contributed by atoms with Crippen molar-refractivity contribution in [2.75, 3.05) is 5.73 Å². The van der Waals surface area contributed by atoms with Gasteiger partial charge in [-0.15, -0.1) is 0 Å². The van der Waals surface area contributed by atoms with E-state index < -0.39 is 0 Å². The van der Waals surface area contributed by atoms with E-state index in [1.54, 1.807) is 18.2 Å². The normalized spacial score (nSPS) is 10.4. The third-order valence-electron chi connectivity index (χ3n) is 2.35. The Kier molecular flexibility index (Phi) is 4.09. The average molecular weight is 331 g/mol. The number of hydrogen-bond acceptors (Lipinski definition) is 2. The molecular formula is C13H10BrClFNO. The lowest BCUT2D eigenvalue weighted by atomic mass is 10.2. The molecule has 2 nitrogen and oxygen atoms in total. The van der Waals surface area contributed by atoms with Crippen LogP contribution >= 0.6 is 27.5 Å². The van der Waals surface area contributed by atoms with Gasteiger partial charge in [-0.05, 0) is 45.8 Å². The summed E-state index contributed by atoms with van der Waals surface area (Å²) in [4.78, 5) is 0. The lowest BCUT2D eigenvalue weighted by Gasteiger charge is -2.09. The summed E-state index contributed by atoms with van der Waals surface area (Å²) in [5, 5.41) is 0.505. The summed E-state index contributed by atoms with van der Waals surface area (Å²) < 4.78 is 19.3. The SMILES string of the molecule is Nc1cc(COc2cc(F)ccc2Br)ccc1Cl. The number of halogens is 3. The zero-order valence-electron chi connectivity index (χ0n) is 9.29. The number of benzene rings is 2. The molecule has 0 aliphatic carbocycles. The van der Waals surface area contributed by atoms with Crippen molar-refractivity contribution in [1.82, 2.24) is 0 Å². The van der Waals surface area contributed by atoms with Crippen molar-refractivity contribution in [1.29, 1.82) is 0 Å². The topological polar surface area (TPSA) is 35.2 Å². The van der Waals surface area contributed by atoms with E-state index in [1.807, 2.05) is 6.07 Å². The third-order valence-corrected chi connectivity index (χ3v) is 3.35. The summed E-state index contributed by atoms with van der Waals surface area (Å²) in [5.74, 6) is 0.104. The van der Waals surface area contributed by atoms with Crippen LogP contribution < -0.4 is 10.5 Å². The van der Waals surface area contributed by atoms with Gasteiger partial charge in [0.2, 0.25) is 0 Å². The van der Waals surface area contributed by atoms with Crippen molar-refractivity contribution in [3.63, 3.8) is 0 Å². The van der Waals surface area contributed by atoms with E-state index in [1.165, 1.54) is 12.1 Å². The van der Waals surface area contributed by atoms with Crippen molar-refractivity contribution in [2.24, 2.45) is 0 Å². The summed E-state index contributed by atoms with van der Waals surface area (Å²) in [6.45, 7) is 0.295. The van der Waals surface area contributed by atoms with Crippen molar-refractivity contribution in [2.45, 2.75) is 6.61 Å². The molecule has 0 saturated carbocycles. The molecule has 2 N–H and O–H groups in total. The van der Waals surface area contributed by atoms with Crippen LogP contribution in [0.25, 0.3) is 0 Å². The molecule has 0 radical (unpaired) electrons. The van der Waals surface area contributed by atoms with Crippen molar-refractivity contribution in [3.05, 3.63) is 57.3 Å². The zero-order valence-corrected chi connectivity index (χ0v) is 11.6. The molecule has 0 atom stereocenters. The first kappa shape index (κ1) is 13.2. The molecule has 0 saturated heterocycles. The molecule has 0 aromatic heterocycles. The fourth-order valence-corrected chi connectivity index (χ4v) is 1.91. The maximum absolute atomic E-state index is 13.1. The quantitative estimate of drug-likeness (QED) is 0.846. The summed E-state index contributed by atoms with van der Waals surface area (Å²) in [6.07, 6.45) is 0. The lowest BCUT2D eigenvalue weighted by Crippen LogP contribution is -1.98. The highest BCUT2D eigenvalue weighted by Crippen LogP contribution is 2.27. The average Bonchev–Trinajstić information content (AvgIpc) is 2.34. The number of hydrogen-bond donors (Lipinski definition) is 1. The van der Waals surface area contributed by atoms with Gasteiger partial charge in [0.05, 0.1) is 15.2 Å². The Hall–Kier alpha value is -1.26. The highest BCUT2D eigenvalue weighted by atomic mass is 79.9. The lowest BCUT2D eigenvalue weighted by molar-refractivity contribution is 0.302. The summed E-state index contributed by atoms with van der Waals surface area (Å²) >= 11 is 9.11. The van der Waals surface area contributed by atoms with Gasteiger partial charge in [0.25, 0.3) is 0 Å². The van der Waals surface area contributed by atoms with Crippen molar-refractivity contribution in [3.8, 4) is 5.75 Å². The molecule has 0 heterocycles. The van der Waals surface area contributed by atoms with Gasteiger partial charge in [0.15, 0.2) is 0 Å². The second-order valence-electron chi connectivity index (χ2n) is 3.72. The van der Waals surface area contributed by atoms with E-state index in [0.717, 1.165) is 5.56 Å². The Bertz CT molecular complexity index is 577. The number of anilines is 1. The first-order chi connectivity index (χ1) is 8.56. The number of nitrogens with two attached hydrogens (primary N) is 1. The monoisotopic (exact) mass is 329 g/mol. The number of rotatable bonds is 3. The second kappa shape index (κ2) is 5.59. The van der Waals surface area contributed by atoms with Gasteiger partial charge < -0.3 is 10.5 Å². The minimum absolute atomic E-state index is 0.295. The molecule has 0 amide bonds. The summed E-state index contributed by atoms with van der Waals surface area (Å²) in [6, 6.07) is 9.53. The van der Waals surface area contributed by atoms with E-state index in [0.29, 0.717) is 27.5 Å². The molecule has 0 aliphatic rings. The van der Waals surface area contributed by atoms with Crippen LogP contribution in [0.5, 0.6) is 5.75 Å². The fraction of sp³-hybridized carbons (Fsp3) is 0.0769. The zero-order chi connectivity index (χ0) is 13.1. The van der Waals surface area contributed by atoms with Crippen LogP contribution in [0, 0.1) is 5.82 Å². The summed E-state index contributed by atoms with van der Waals surface area (Å²) in [5.41, 5.74) is 7.05. The predicted molar refractivity (Wildman–Crippen MR) is 74.3 cm³/mol. The molecule has 2 aromatic rings. The van der Waals surface area contributed by atoms with Gasteiger partial charge >= 0.3 is 0 Å². The Morgan fingerprint density at radius 3 is 2.72 bits per heavy atom. The smallest absolute Gasteiger partial charge is 0.136 e. The van der Waals surface area contributed by atoms with Gasteiger partial charge in [-0.2, -0.15) is 0 Å². The number of ether oxygens (including phenoxy) is 1. The van der Waals surface area contributed by atoms with Crippen LogP contribution in [0.4, 0.5) is 10.1 Å². The predicted octanol–water partition coefficient (Wildman–Crippen LogP) is 4.40. The van der Waals surface area contributed by atoms with Crippen LogP contribution in [-0.2, 0) is 6.61 Å². The van der Waals surface area contributed by atoms with Crippen LogP contribution in [0.1, 0.15) is 5.56 Å². The highest BCUT2D eigenvalue weighted by Gasteiger charge is 2.04. The third kappa shape index (κ3) is 3.15. The Morgan fingerprint density at radius 1 is 1.22 bits per heavy atom. The Labute approximate surface area is 118 Å². The summed E-state index contributed by atoms with van der Waals surface area (Å²) in [7, 11) is 0. The van der Waals surface area contributed by atoms with Crippen LogP contribution in [0.2, 0.25) is 5.02 Å². The molecule has 0 unspecified atom stereocenters. The molecule has 0 aliphatic heterocycles. The second-order valence-corrected chi connectivity index (χ2v) is 4.98. The maximum Gasteiger partial charge on any atom is 0.136 e. The fourth-order valence-electron chi connectivity index (χ4n) is 1.43. The van der Waals surface area contributed by atoms with E-state index in [9.17, 15) is 4.39 Å². The molecule has 5 heteroatoms. The largest absolute Gasteiger partial charge is 0.488 e. The van der Waals surface area contributed by atoms with Crippen LogP contribution in [0.15, 0.2) is 40.9 Å². The molecule has 18 heavy (non-hydrogen) atoms. The maximum atomic E-state index is 13.1. The van der Waals surface area contributed by atoms with E-state index in [4.69, 9.17) is 22.1 Å². The molecule has 2 aromatic carbocycles. The molecule has 0 fully saturated rings. The van der Waals surface area contributed by atoms with Gasteiger partial charge in [-0.1, -0.05) is 17.7 Å². The van der Waals surface area contributed by atoms with Crippen LogP contribution in [0.3, 0.4) is 0 Å². The van der Waals surface area contributed by atoms with E-state index in [2.05, 4.69) is 15.9 Å². The minimum atomic E-state index is -0.344. The standard InChI is InChI=1S/C13H10BrClFNO/c14-10-3-2-9(16)6-13(10)18-7-8-1-4-11(15)12(17)5-8/h1-6H,7,17H2. The van der Waals surface area contributed by atoms with Gasteiger partial charge in [-0.3, -0.25) is 0 Å². The molecule has 94 valence electrons. The molecule has 0 bridgehead atoms. The molecular weight excluding hydrogens is 321 g/mol.